The Kier molecular flexibility index (Phi) is 3.30. The van der Waals surface area contributed by atoms with Crippen LogP contribution in [0.4, 0.5) is 0 Å². The second-order valence-electron chi connectivity index (χ2n) is 3.54. The summed E-state index contributed by atoms with van der Waals surface area (Å²) < 4.78 is 6.39. The van der Waals surface area contributed by atoms with Gasteiger partial charge in [-0.15, -0.1) is 0 Å². The van der Waals surface area contributed by atoms with E-state index in [0.29, 0.717) is 24.6 Å². The fourth-order valence-corrected chi connectivity index (χ4v) is 1.75. The quantitative estimate of drug-likeness (QED) is 0.826. The van der Waals surface area contributed by atoms with Gasteiger partial charge in [0, 0.05) is 25.2 Å². The Hall–Kier alpha value is -0.970. The lowest BCUT2D eigenvalue weighted by Gasteiger charge is -2.20. The molecule has 0 aromatic carbocycles. The first-order valence-corrected chi connectivity index (χ1v) is 5.69. The molecule has 1 aromatic rings. The highest BCUT2D eigenvalue weighted by Gasteiger charge is 2.20. The van der Waals surface area contributed by atoms with Gasteiger partial charge in [-0.3, -0.25) is 4.79 Å². The second kappa shape index (κ2) is 4.70. The number of ketones is 1. The van der Waals surface area contributed by atoms with Gasteiger partial charge in [0.05, 0.1) is 4.47 Å². The lowest BCUT2D eigenvalue weighted by atomic mass is 9.97. The zero-order valence-electron chi connectivity index (χ0n) is 8.15. The van der Waals surface area contributed by atoms with Crippen molar-refractivity contribution in [3.8, 4) is 6.01 Å². The van der Waals surface area contributed by atoms with Crippen molar-refractivity contribution >= 4 is 21.7 Å². The van der Waals surface area contributed by atoms with Crippen molar-refractivity contribution in [1.82, 2.24) is 9.97 Å². The molecule has 5 heteroatoms. The number of hydrogen-bond donors (Lipinski definition) is 0. The van der Waals surface area contributed by atoms with Crippen molar-refractivity contribution in [2.24, 2.45) is 0 Å². The van der Waals surface area contributed by atoms with E-state index < -0.39 is 0 Å². The van der Waals surface area contributed by atoms with Gasteiger partial charge in [-0.25, -0.2) is 9.97 Å². The molecule has 15 heavy (non-hydrogen) atoms. The number of hydrogen-bond acceptors (Lipinski definition) is 4. The minimum absolute atomic E-state index is 0.0869. The van der Waals surface area contributed by atoms with E-state index in [-0.39, 0.29) is 6.10 Å². The first kappa shape index (κ1) is 10.5. The summed E-state index contributed by atoms with van der Waals surface area (Å²) in [7, 11) is 0. The van der Waals surface area contributed by atoms with Crippen molar-refractivity contribution in [2.45, 2.75) is 31.8 Å². The molecule has 0 saturated heterocycles. The van der Waals surface area contributed by atoms with Crippen LogP contribution in [0.15, 0.2) is 16.9 Å². The van der Waals surface area contributed by atoms with E-state index in [9.17, 15) is 4.79 Å². The van der Waals surface area contributed by atoms with Gasteiger partial charge in [0.2, 0.25) is 0 Å². The smallest absolute Gasteiger partial charge is 0.316 e. The highest BCUT2D eigenvalue weighted by Crippen LogP contribution is 2.19. The minimum atomic E-state index is 0.0869. The predicted octanol–water partition coefficient (Wildman–Crippen LogP) is 2.13. The molecule has 0 radical (unpaired) electrons. The Labute approximate surface area is 96.2 Å². The number of halogens is 1. The third-order valence-corrected chi connectivity index (χ3v) is 2.77. The van der Waals surface area contributed by atoms with E-state index in [1.807, 2.05) is 0 Å². The number of aromatic nitrogens is 2. The zero-order chi connectivity index (χ0) is 10.7. The zero-order valence-corrected chi connectivity index (χ0v) is 9.74. The van der Waals surface area contributed by atoms with E-state index in [4.69, 9.17) is 4.74 Å². The molecule has 1 aromatic heterocycles. The molecule has 0 spiro atoms. The Morgan fingerprint density at radius 1 is 1.27 bits per heavy atom. The standard InChI is InChI=1S/C10H11BrN2O2/c11-7-5-12-10(13-6-7)15-9-3-1-8(14)2-4-9/h5-6,9H,1-4H2. The monoisotopic (exact) mass is 270 g/mol. The summed E-state index contributed by atoms with van der Waals surface area (Å²) in [6, 6.07) is 0.387. The third-order valence-electron chi connectivity index (χ3n) is 2.36. The molecule has 80 valence electrons. The van der Waals surface area contributed by atoms with Crippen molar-refractivity contribution < 1.29 is 9.53 Å². The SMILES string of the molecule is O=C1CCC(Oc2ncc(Br)cn2)CC1. The molecule has 2 rings (SSSR count). The number of carbonyl (C=O) groups excluding carboxylic acids is 1. The molecule has 4 nitrogen and oxygen atoms in total. The van der Waals surface area contributed by atoms with Crippen LogP contribution < -0.4 is 4.74 Å². The maximum Gasteiger partial charge on any atom is 0.316 e. The first-order valence-electron chi connectivity index (χ1n) is 4.90. The van der Waals surface area contributed by atoms with E-state index in [1.54, 1.807) is 12.4 Å². The lowest BCUT2D eigenvalue weighted by Crippen LogP contribution is -2.24. The van der Waals surface area contributed by atoms with Gasteiger partial charge in [-0.05, 0) is 28.8 Å². The molecule has 0 aliphatic heterocycles. The topological polar surface area (TPSA) is 52.1 Å². The van der Waals surface area contributed by atoms with Crippen molar-refractivity contribution in [3.63, 3.8) is 0 Å². The second-order valence-corrected chi connectivity index (χ2v) is 4.46. The van der Waals surface area contributed by atoms with Crippen LogP contribution in [0.5, 0.6) is 6.01 Å². The molecule has 0 unspecified atom stereocenters. The number of Topliss-reactive ketones (excluding diaryl/α,β-unsaturated/α-hetero) is 1. The summed E-state index contributed by atoms with van der Waals surface area (Å²) in [5.41, 5.74) is 0. The van der Waals surface area contributed by atoms with Crippen LogP contribution >= 0.6 is 15.9 Å². The van der Waals surface area contributed by atoms with Crippen LogP contribution in [0.2, 0.25) is 0 Å². The van der Waals surface area contributed by atoms with Crippen LogP contribution in [0.1, 0.15) is 25.7 Å². The van der Waals surface area contributed by atoms with Crippen LogP contribution in [-0.4, -0.2) is 21.9 Å². The molecular formula is C10H11BrN2O2. The van der Waals surface area contributed by atoms with Crippen molar-refractivity contribution in [1.29, 1.82) is 0 Å². The van der Waals surface area contributed by atoms with Crippen molar-refractivity contribution in [3.05, 3.63) is 16.9 Å². The molecule has 0 N–H and O–H groups in total. The maximum atomic E-state index is 11.0. The van der Waals surface area contributed by atoms with Gasteiger partial charge in [-0.2, -0.15) is 0 Å². The van der Waals surface area contributed by atoms with Crippen molar-refractivity contribution in [2.75, 3.05) is 0 Å². The van der Waals surface area contributed by atoms with Gasteiger partial charge in [0.15, 0.2) is 0 Å². The molecular weight excluding hydrogens is 260 g/mol. The maximum absolute atomic E-state index is 11.0. The Balaban J connectivity index is 1.91. The molecule has 1 saturated carbocycles. The van der Waals surface area contributed by atoms with E-state index in [1.165, 1.54) is 0 Å². The van der Waals surface area contributed by atoms with Gasteiger partial charge in [-0.1, -0.05) is 0 Å². The largest absolute Gasteiger partial charge is 0.460 e. The van der Waals surface area contributed by atoms with E-state index in [2.05, 4.69) is 25.9 Å². The number of rotatable bonds is 2. The van der Waals surface area contributed by atoms with Gasteiger partial charge < -0.3 is 4.74 Å². The Morgan fingerprint density at radius 2 is 1.87 bits per heavy atom. The minimum Gasteiger partial charge on any atom is -0.460 e. The fourth-order valence-electron chi connectivity index (χ4n) is 1.54. The fraction of sp³-hybridized carbons (Fsp3) is 0.500. The summed E-state index contributed by atoms with van der Waals surface area (Å²) in [6.07, 6.45) is 6.16. The highest BCUT2D eigenvalue weighted by molar-refractivity contribution is 9.10. The average molecular weight is 271 g/mol. The van der Waals surface area contributed by atoms with E-state index >= 15 is 0 Å². The molecule has 1 aliphatic carbocycles. The van der Waals surface area contributed by atoms with Crippen LogP contribution in [0, 0.1) is 0 Å². The molecule has 1 aliphatic rings. The van der Waals surface area contributed by atoms with Crippen LogP contribution in [0.3, 0.4) is 0 Å². The van der Waals surface area contributed by atoms with Gasteiger partial charge in [0.25, 0.3) is 0 Å². The number of nitrogens with zero attached hydrogens (tertiary/aromatic N) is 2. The summed E-state index contributed by atoms with van der Waals surface area (Å²) in [5.74, 6) is 0.326. The molecule has 0 amide bonds. The van der Waals surface area contributed by atoms with Crippen LogP contribution in [0.25, 0.3) is 0 Å². The number of carbonyl (C=O) groups is 1. The lowest BCUT2D eigenvalue weighted by molar-refractivity contribution is -0.121. The molecule has 1 heterocycles. The summed E-state index contributed by atoms with van der Waals surface area (Å²) in [4.78, 5) is 19.1. The van der Waals surface area contributed by atoms with Gasteiger partial charge >= 0.3 is 6.01 Å². The Morgan fingerprint density at radius 3 is 2.47 bits per heavy atom. The highest BCUT2D eigenvalue weighted by atomic mass is 79.9. The summed E-state index contributed by atoms with van der Waals surface area (Å²) >= 11 is 3.25. The third kappa shape index (κ3) is 2.99. The molecule has 1 fully saturated rings. The van der Waals surface area contributed by atoms with Gasteiger partial charge in [0.1, 0.15) is 11.9 Å². The summed E-state index contributed by atoms with van der Waals surface area (Å²) in [6.45, 7) is 0. The Bertz CT molecular complexity index is 343. The van der Waals surface area contributed by atoms with E-state index in [0.717, 1.165) is 17.3 Å². The first-order chi connectivity index (χ1) is 7.24. The summed E-state index contributed by atoms with van der Waals surface area (Å²) in [5, 5.41) is 0. The molecule has 0 atom stereocenters. The normalized spacial score (nSPS) is 17.8. The van der Waals surface area contributed by atoms with Crippen LogP contribution in [-0.2, 0) is 4.79 Å². The average Bonchev–Trinajstić information content (AvgIpc) is 2.25. The molecule has 0 bridgehead atoms. The number of ether oxygens (including phenoxy) is 1. The predicted molar refractivity (Wildman–Crippen MR) is 57.6 cm³/mol.